The number of aryl methyl sites for hydroxylation is 1. The number of hydrogen-bond acceptors (Lipinski definition) is 2. The van der Waals surface area contributed by atoms with Gasteiger partial charge in [0.15, 0.2) is 0 Å². The predicted molar refractivity (Wildman–Crippen MR) is 86.1 cm³/mol. The molecule has 110 valence electrons. The van der Waals surface area contributed by atoms with Gasteiger partial charge in [0.05, 0.1) is 0 Å². The smallest absolute Gasteiger partial charge is 0.251 e. The summed E-state index contributed by atoms with van der Waals surface area (Å²) >= 11 is 3.44. The van der Waals surface area contributed by atoms with Crippen LogP contribution >= 0.6 is 15.9 Å². The van der Waals surface area contributed by atoms with Crippen molar-refractivity contribution in [3.05, 3.63) is 33.8 Å². The Balaban J connectivity index is 1.89. The van der Waals surface area contributed by atoms with Crippen LogP contribution in [-0.4, -0.2) is 36.5 Å². The van der Waals surface area contributed by atoms with Gasteiger partial charge in [-0.15, -0.1) is 0 Å². The number of nitrogens with one attached hydrogen (secondary N) is 1. The molecule has 20 heavy (non-hydrogen) atoms. The molecule has 1 heterocycles. The van der Waals surface area contributed by atoms with Gasteiger partial charge in [-0.2, -0.15) is 0 Å². The van der Waals surface area contributed by atoms with E-state index < -0.39 is 0 Å². The SMILES string of the molecule is CCCN1CCC(NC(=O)c2cc(C)cc(Br)c2)CC1. The summed E-state index contributed by atoms with van der Waals surface area (Å²) in [5.74, 6) is 0.0448. The molecule has 4 heteroatoms. The highest BCUT2D eigenvalue weighted by Gasteiger charge is 2.20. The molecule has 1 saturated heterocycles. The van der Waals surface area contributed by atoms with Gasteiger partial charge in [0.2, 0.25) is 0 Å². The minimum absolute atomic E-state index is 0.0448. The maximum Gasteiger partial charge on any atom is 0.251 e. The van der Waals surface area contributed by atoms with Gasteiger partial charge in [-0.1, -0.05) is 22.9 Å². The fraction of sp³-hybridized carbons (Fsp3) is 0.562. The summed E-state index contributed by atoms with van der Waals surface area (Å²) in [5.41, 5.74) is 1.84. The molecule has 0 aromatic heterocycles. The van der Waals surface area contributed by atoms with E-state index in [0.717, 1.165) is 41.5 Å². The van der Waals surface area contributed by atoms with Crippen LogP contribution in [0.4, 0.5) is 0 Å². The van der Waals surface area contributed by atoms with Crippen LogP contribution in [0, 0.1) is 6.92 Å². The zero-order chi connectivity index (χ0) is 14.5. The Kier molecular flexibility index (Phi) is 5.61. The molecular weight excluding hydrogens is 316 g/mol. The zero-order valence-electron chi connectivity index (χ0n) is 12.3. The maximum atomic E-state index is 12.3. The molecule has 1 aliphatic rings. The summed E-state index contributed by atoms with van der Waals surface area (Å²) < 4.78 is 0.959. The largest absolute Gasteiger partial charge is 0.349 e. The lowest BCUT2D eigenvalue weighted by Crippen LogP contribution is -2.44. The van der Waals surface area contributed by atoms with E-state index in [4.69, 9.17) is 0 Å². The quantitative estimate of drug-likeness (QED) is 0.912. The standard InChI is InChI=1S/C16H23BrN2O/c1-3-6-19-7-4-15(5-8-19)18-16(20)13-9-12(2)10-14(17)11-13/h9-11,15H,3-8H2,1-2H3,(H,18,20). The second-order valence-electron chi connectivity index (χ2n) is 5.61. The minimum atomic E-state index is 0.0448. The number of carbonyl (C=O) groups excluding carboxylic acids is 1. The molecular formula is C16H23BrN2O. The lowest BCUT2D eigenvalue weighted by atomic mass is 10.0. The Morgan fingerprint density at radius 1 is 1.35 bits per heavy atom. The number of carbonyl (C=O) groups is 1. The molecule has 0 saturated carbocycles. The number of halogens is 1. The summed E-state index contributed by atoms with van der Waals surface area (Å²) in [7, 11) is 0. The Labute approximate surface area is 129 Å². The van der Waals surface area contributed by atoms with Crippen LogP contribution < -0.4 is 5.32 Å². The van der Waals surface area contributed by atoms with Crippen molar-refractivity contribution < 1.29 is 4.79 Å². The van der Waals surface area contributed by atoms with Crippen molar-refractivity contribution in [1.82, 2.24) is 10.2 Å². The van der Waals surface area contributed by atoms with Crippen LogP contribution in [-0.2, 0) is 0 Å². The molecule has 0 atom stereocenters. The van der Waals surface area contributed by atoms with Gasteiger partial charge >= 0.3 is 0 Å². The van der Waals surface area contributed by atoms with E-state index in [1.165, 1.54) is 13.0 Å². The van der Waals surface area contributed by atoms with Gasteiger partial charge in [-0.25, -0.2) is 0 Å². The number of benzene rings is 1. The first-order chi connectivity index (χ1) is 9.58. The van der Waals surface area contributed by atoms with Crippen LogP contribution in [0.3, 0.4) is 0 Å². The van der Waals surface area contributed by atoms with E-state index in [0.29, 0.717) is 6.04 Å². The summed E-state index contributed by atoms with van der Waals surface area (Å²) in [6.45, 7) is 7.58. The Morgan fingerprint density at radius 2 is 2.05 bits per heavy atom. The number of rotatable bonds is 4. The van der Waals surface area contributed by atoms with Gasteiger partial charge in [-0.05, 0) is 56.5 Å². The summed E-state index contributed by atoms with van der Waals surface area (Å²) in [6, 6.07) is 6.15. The molecule has 0 radical (unpaired) electrons. The molecule has 0 aliphatic carbocycles. The Morgan fingerprint density at radius 3 is 2.65 bits per heavy atom. The van der Waals surface area contributed by atoms with Gasteiger partial charge in [0, 0.05) is 29.2 Å². The van der Waals surface area contributed by atoms with Crippen LogP contribution in [0.15, 0.2) is 22.7 Å². The van der Waals surface area contributed by atoms with E-state index in [-0.39, 0.29) is 5.91 Å². The number of likely N-dealkylation sites (tertiary alicyclic amines) is 1. The predicted octanol–water partition coefficient (Wildman–Crippen LogP) is 3.36. The number of piperidine rings is 1. The van der Waals surface area contributed by atoms with E-state index in [1.807, 2.05) is 25.1 Å². The fourth-order valence-electron chi connectivity index (χ4n) is 2.75. The van der Waals surface area contributed by atoms with Crippen molar-refractivity contribution in [3.8, 4) is 0 Å². The minimum Gasteiger partial charge on any atom is -0.349 e. The highest BCUT2D eigenvalue weighted by Crippen LogP contribution is 2.16. The molecule has 1 aromatic rings. The normalized spacial score (nSPS) is 17.1. The van der Waals surface area contributed by atoms with Crippen molar-refractivity contribution in [1.29, 1.82) is 0 Å². The number of hydrogen-bond donors (Lipinski definition) is 1. The van der Waals surface area contributed by atoms with Crippen molar-refractivity contribution in [2.75, 3.05) is 19.6 Å². The van der Waals surface area contributed by atoms with Crippen molar-refractivity contribution in [3.63, 3.8) is 0 Å². The molecule has 1 amide bonds. The van der Waals surface area contributed by atoms with E-state index >= 15 is 0 Å². The molecule has 1 fully saturated rings. The Bertz CT molecular complexity index is 447. The molecule has 1 aromatic carbocycles. The first-order valence-corrected chi connectivity index (χ1v) is 8.18. The number of nitrogens with zero attached hydrogens (tertiary/aromatic N) is 1. The van der Waals surface area contributed by atoms with Crippen molar-refractivity contribution in [2.24, 2.45) is 0 Å². The zero-order valence-corrected chi connectivity index (χ0v) is 13.9. The fourth-order valence-corrected chi connectivity index (χ4v) is 3.36. The molecule has 2 rings (SSSR count). The summed E-state index contributed by atoms with van der Waals surface area (Å²) in [5, 5.41) is 3.17. The molecule has 0 bridgehead atoms. The van der Waals surface area contributed by atoms with E-state index in [1.54, 1.807) is 0 Å². The monoisotopic (exact) mass is 338 g/mol. The lowest BCUT2D eigenvalue weighted by Gasteiger charge is -2.32. The van der Waals surface area contributed by atoms with Crippen LogP contribution in [0.5, 0.6) is 0 Å². The molecule has 0 unspecified atom stereocenters. The highest BCUT2D eigenvalue weighted by atomic mass is 79.9. The van der Waals surface area contributed by atoms with Gasteiger partial charge in [0.1, 0.15) is 0 Å². The van der Waals surface area contributed by atoms with Crippen molar-refractivity contribution >= 4 is 21.8 Å². The second-order valence-corrected chi connectivity index (χ2v) is 6.52. The van der Waals surface area contributed by atoms with Gasteiger partial charge in [0.25, 0.3) is 5.91 Å². The van der Waals surface area contributed by atoms with Gasteiger partial charge in [-0.3, -0.25) is 4.79 Å². The number of amides is 1. The maximum absolute atomic E-state index is 12.3. The highest BCUT2D eigenvalue weighted by molar-refractivity contribution is 9.10. The first kappa shape index (κ1) is 15.5. The van der Waals surface area contributed by atoms with E-state index in [2.05, 4.69) is 33.1 Å². The second kappa shape index (κ2) is 7.23. The Hall–Kier alpha value is -0.870. The average molecular weight is 339 g/mol. The first-order valence-electron chi connectivity index (χ1n) is 7.39. The van der Waals surface area contributed by atoms with Crippen LogP contribution in [0.1, 0.15) is 42.1 Å². The third kappa shape index (κ3) is 4.32. The summed E-state index contributed by atoms with van der Waals surface area (Å²) in [4.78, 5) is 14.8. The molecule has 1 N–H and O–H groups in total. The van der Waals surface area contributed by atoms with Crippen molar-refractivity contribution in [2.45, 2.75) is 39.2 Å². The summed E-state index contributed by atoms with van der Waals surface area (Å²) in [6.07, 6.45) is 3.31. The lowest BCUT2D eigenvalue weighted by molar-refractivity contribution is 0.0911. The molecule has 0 spiro atoms. The third-order valence-electron chi connectivity index (χ3n) is 3.77. The molecule has 3 nitrogen and oxygen atoms in total. The van der Waals surface area contributed by atoms with Gasteiger partial charge < -0.3 is 10.2 Å². The third-order valence-corrected chi connectivity index (χ3v) is 4.22. The van der Waals surface area contributed by atoms with Crippen LogP contribution in [0.25, 0.3) is 0 Å². The molecule has 1 aliphatic heterocycles. The van der Waals surface area contributed by atoms with E-state index in [9.17, 15) is 4.79 Å². The average Bonchev–Trinajstić information content (AvgIpc) is 2.40. The van der Waals surface area contributed by atoms with Crippen LogP contribution in [0.2, 0.25) is 0 Å². The topological polar surface area (TPSA) is 32.3 Å².